The average Bonchev–Trinajstić information content (AvgIpc) is 2.88. The van der Waals surface area contributed by atoms with Gasteiger partial charge in [0, 0.05) is 21.7 Å². The number of anilines is 1. The first-order valence-electron chi connectivity index (χ1n) is 7.16. The predicted octanol–water partition coefficient (Wildman–Crippen LogP) is 3.57. The summed E-state index contributed by atoms with van der Waals surface area (Å²) in [5.41, 5.74) is 3.44. The summed E-state index contributed by atoms with van der Waals surface area (Å²) in [4.78, 5) is 16.5. The van der Waals surface area contributed by atoms with E-state index in [0.717, 1.165) is 20.5 Å². The second-order valence-electron chi connectivity index (χ2n) is 5.28. The molecule has 0 fully saturated rings. The summed E-state index contributed by atoms with van der Waals surface area (Å²) in [6.07, 6.45) is 3.81. The molecule has 0 radical (unpaired) electrons. The van der Waals surface area contributed by atoms with Crippen molar-refractivity contribution in [3.05, 3.63) is 57.6 Å². The molecule has 1 N–H and O–H groups in total. The maximum absolute atomic E-state index is 12.1. The summed E-state index contributed by atoms with van der Waals surface area (Å²) in [5, 5.41) is 2.87. The fraction of sp³-hybridized carbons (Fsp3) is 0.176. The maximum atomic E-state index is 12.1. The molecule has 118 valence electrons. The van der Waals surface area contributed by atoms with Crippen molar-refractivity contribution in [2.24, 2.45) is 0 Å². The fourth-order valence-electron chi connectivity index (χ4n) is 2.32. The third-order valence-electron chi connectivity index (χ3n) is 3.39. The lowest BCUT2D eigenvalue weighted by Crippen LogP contribution is -2.20. The van der Waals surface area contributed by atoms with Crippen molar-refractivity contribution < 1.29 is 9.53 Å². The first kappa shape index (κ1) is 15.8. The lowest BCUT2D eigenvalue weighted by Gasteiger charge is -2.10. The molecule has 2 heterocycles. The molecular weight excluding hydrogens is 405 g/mol. The van der Waals surface area contributed by atoms with Gasteiger partial charge >= 0.3 is 0 Å². The zero-order valence-electron chi connectivity index (χ0n) is 12.8. The van der Waals surface area contributed by atoms with Crippen LogP contribution in [0.4, 0.5) is 5.69 Å². The van der Waals surface area contributed by atoms with Crippen LogP contribution >= 0.6 is 22.6 Å². The van der Waals surface area contributed by atoms with E-state index in [2.05, 4.69) is 32.9 Å². The molecule has 3 rings (SSSR count). The van der Waals surface area contributed by atoms with Crippen LogP contribution in [-0.4, -0.2) is 21.9 Å². The van der Waals surface area contributed by atoms with Crippen LogP contribution in [0.1, 0.15) is 11.3 Å². The van der Waals surface area contributed by atoms with E-state index in [1.807, 2.05) is 61.0 Å². The van der Waals surface area contributed by atoms with Crippen molar-refractivity contribution >= 4 is 39.8 Å². The van der Waals surface area contributed by atoms with Crippen LogP contribution in [-0.2, 0) is 4.79 Å². The second kappa shape index (κ2) is 6.57. The van der Waals surface area contributed by atoms with Gasteiger partial charge in [0.05, 0.1) is 5.69 Å². The van der Waals surface area contributed by atoms with Crippen LogP contribution in [0.15, 0.2) is 42.7 Å². The highest BCUT2D eigenvalue weighted by Crippen LogP contribution is 2.20. The molecule has 1 amide bonds. The van der Waals surface area contributed by atoms with Crippen LogP contribution in [0.2, 0.25) is 0 Å². The molecule has 0 aliphatic rings. The van der Waals surface area contributed by atoms with Crippen LogP contribution in [0.25, 0.3) is 5.65 Å². The van der Waals surface area contributed by atoms with Gasteiger partial charge in [-0.2, -0.15) is 0 Å². The molecule has 0 saturated carbocycles. The Labute approximate surface area is 147 Å². The molecule has 3 aromatic rings. The number of aromatic nitrogens is 2. The molecule has 5 nitrogen and oxygen atoms in total. The maximum Gasteiger partial charge on any atom is 0.262 e. The summed E-state index contributed by atoms with van der Waals surface area (Å²) < 4.78 is 8.65. The van der Waals surface area contributed by atoms with Crippen LogP contribution in [0.5, 0.6) is 5.75 Å². The third-order valence-corrected chi connectivity index (χ3v) is 4.06. The zero-order chi connectivity index (χ0) is 16.4. The summed E-state index contributed by atoms with van der Waals surface area (Å²) in [6, 6.07) is 9.55. The molecule has 2 aromatic heterocycles. The van der Waals surface area contributed by atoms with E-state index >= 15 is 0 Å². The quantitative estimate of drug-likeness (QED) is 0.656. The summed E-state index contributed by atoms with van der Waals surface area (Å²) in [7, 11) is 0. The third kappa shape index (κ3) is 3.64. The standard InChI is InChI=1S/C17H16IN3O2/c1-11-8-13(18)5-6-14(11)20-16(22)10-23-15-4-3-7-21-9-12(2)19-17(15)21/h3-9H,10H2,1-2H3,(H,20,22). The number of nitrogens with one attached hydrogen (secondary N) is 1. The topological polar surface area (TPSA) is 55.6 Å². The summed E-state index contributed by atoms with van der Waals surface area (Å²) >= 11 is 2.24. The van der Waals surface area contributed by atoms with E-state index in [1.54, 1.807) is 0 Å². The van der Waals surface area contributed by atoms with Gasteiger partial charge in [0.1, 0.15) is 0 Å². The number of amides is 1. The number of nitrogens with zero attached hydrogens (tertiary/aromatic N) is 2. The first-order valence-corrected chi connectivity index (χ1v) is 8.24. The van der Waals surface area contributed by atoms with Crippen molar-refractivity contribution in [3.63, 3.8) is 0 Å². The van der Waals surface area contributed by atoms with Crippen molar-refractivity contribution in [1.29, 1.82) is 0 Å². The molecule has 0 spiro atoms. The monoisotopic (exact) mass is 421 g/mol. The number of halogens is 1. The predicted molar refractivity (Wildman–Crippen MR) is 97.9 cm³/mol. The smallest absolute Gasteiger partial charge is 0.262 e. The zero-order valence-corrected chi connectivity index (χ0v) is 15.0. The minimum atomic E-state index is -0.195. The molecule has 0 unspecified atom stereocenters. The second-order valence-corrected chi connectivity index (χ2v) is 6.53. The van der Waals surface area contributed by atoms with E-state index in [1.165, 1.54) is 0 Å². The number of aryl methyl sites for hydroxylation is 2. The Kier molecular flexibility index (Phi) is 4.51. The molecular formula is C17H16IN3O2. The van der Waals surface area contributed by atoms with Crippen LogP contribution < -0.4 is 10.1 Å². The van der Waals surface area contributed by atoms with Gasteiger partial charge in [-0.1, -0.05) is 0 Å². The Hall–Kier alpha value is -2.09. The van der Waals surface area contributed by atoms with Crippen molar-refractivity contribution in [1.82, 2.24) is 9.38 Å². The lowest BCUT2D eigenvalue weighted by molar-refractivity contribution is -0.118. The van der Waals surface area contributed by atoms with Gasteiger partial charge in [0.25, 0.3) is 5.91 Å². The number of carbonyl (C=O) groups is 1. The molecule has 0 bridgehead atoms. The summed E-state index contributed by atoms with van der Waals surface area (Å²) in [6.45, 7) is 3.83. The Morgan fingerprint density at radius 2 is 2.17 bits per heavy atom. The molecule has 0 saturated heterocycles. The van der Waals surface area contributed by atoms with Crippen molar-refractivity contribution in [2.75, 3.05) is 11.9 Å². The molecule has 6 heteroatoms. The van der Waals surface area contributed by atoms with E-state index in [9.17, 15) is 4.79 Å². The molecule has 0 atom stereocenters. The number of rotatable bonds is 4. The van der Waals surface area contributed by atoms with E-state index < -0.39 is 0 Å². The highest BCUT2D eigenvalue weighted by atomic mass is 127. The minimum Gasteiger partial charge on any atom is -0.480 e. The van der Waals surface area contributed by atoms with Gasteiger partial charge in [-0.05, 0) is 72.3 Å². The average molecular weight is 421 g/mol. The number of fused-ring (bicyclic) bond motifs is 1. The molecule has 0 aliphatic carbocycles. The Morgan fingerprint density at radius 3 is 2.96 bits per heavy atom. The fourth-order valence-corrected chi connectivity index (χ4v) is 2.97. The highest BCUT2D eigenvalue weighted by Gasteiger charge is 2.09. The molecule has 23 heavy (non-hydrogen) atoms. The number of hydrogen-bond acceptors (Lipinski definition) is 3. The Morgan fingerprint density at radius 1 is 1.35 bits per heavy atom. The molecule has 0 aliphatic heterocycles. The number of benzene rings is 1. The van der Waals surface area contributed by atoms with E-state index in [0.29, 0.717) is 11.4 Å². The number of ether oxygens (including phenoxy) is 1. The van der Waals surface area contributed by atoms with Crippen molar-refractivity contribution in [2.45, 2.75) is 13.8 Å². The van der Waals surface area contributed by atoms with Gasteiger partial charge in [0.2, 0.25) is 0 Å². The minimum absolute atomic E-state index is 0.0585. The number of imidazole rings is 1. The largest absolute Gasteiger partial charge is 0.480 e. The first-order chi connectivity index (χ1) is 11.0. The lowest BCUT2D eigenvalue weighted by atomic mass is 10.2. The van der Waals surface area contributed by atoms with Gasteiger partial charge in [0.15, 0.2) is 18.0 Å². The van der Waals surface area contributed by atoms with E-state index in [-0.39, 0.29) is 12.5 Å². The van der Waals surface area contributed by atoms with E-state index in [4.69, 9.17) is 4.74 Å². The van der Waals surface area contributed by atoms with Crippen LogP contribution in [0, 0.1) is 17.4 Å². The summed E-state index contributed by atoms with van der Waals surface area (Å²) in [5.74, 6) is 0.398. The highest BCUT2D eigenvalue weighted by molar-refractivity contribution is 14.1. The SMILES string of the molecule is Cc1cn2cccc(OCC(=O)Nc3ccc(I)cc3C)c2n1. The van der Waals surface area contributed by atoms with Gasteiger partial charge in [-0.3, -0.25) is 4.79 Å². The normalized spacial score (nSPS) is 10.7. The van der Waals surface area contributed by atoms with Gasteiger partial charge < -0.3 is 14.5 Å². The Balaban J connectivity index is 1.68. The Bertz CT molecular complexity index is 873. The van der Waals surface area contributed by atoms with Gasteiger partial charge in [-0.25, -0.2) is 4.98 Å². The molecule has 1 aromatic carbocycles. The number of carbonyl (C=O) groups excluding carboxylic acids is 1. The van der Waals surface area contributed by atoms with Gasteiger partial charge in [-0.15, -0.1) is 0 Å². The van der Waals surface area contributed by atoms with Crippen LogP contribution in [0.3, 0.4) is 0 Å². The number of hydrogen-bond donors (Lipinski definition) is 1. The number of pyridine rings is 1. The van der Waals surface area contributed by atoms with Crippen molar-refractivity contribution in [3.8, 4) is 5.75 Å².